The molecule has 0 saturated carbocycles. The molecule has 3 heteroatoms. The van der Waals surface area contributed by atoms with E-state index in [-0.39, 0.29) is 5.54 Å². The maximum absolute atomic E-state index is 4.13. The molecule has 1 rings (SSSR count). The van der Waals surface area contributed by atoms with E-state index in [2.05, 4.69) is 46.1 Å². The van der Waals surface area contributed by atoms with E-state index in [1.807, 2.05) is 13.2 Å². The van der Waals surface area contributed by atoms with E-state index in [1.165, 1.54) is 5.56 Å². The lowest BCUT2D eigenvalue weighted by molar-refractivity contribution is 0.421. The highest BCUT2D eigenvalue weighted by Gasteiger charge is 2.15. The standard InChI is InChI=1S/C10H15BrN2/c1-10(2,12-3)5-8-4-9(11)7-13-6-8/h4,6-7,12H,5H2,1-3H3. The Morgan fingerprint density at radius 2 is 2.15 bits per heavy atom. The van der Waals surface area contributed by atoms with Crippen molar-refractivity contribution in [3.63, 3.8) is 0 Å². The topological polar surface area (TPSA) is 24.9 Å². The molecule has 1 N–H and O–H groups in total. The minimum atomic E-state index is 0.127. The van der Waals surface area contributed by atoms with Crippen LogP contribution in [0, 0.1) is 0 Å². The van der Waals surface area contributed by atoms with Crippen LogP contribution >= 0.6 is 15.9 Å². The molecule has 0 amide bonds. The van der Waals surface area contributed by atoms with E-state index in [0.29, 0.717) is 0 Å². The van der Waals surface area contributed by atoms with Crippen molar-refractivity contribution in [1.82, 2.24) is 10.3 Å². The number of hydrogen-bond donors (Lipinski definition) is 1. The molecule has 0 unspecified atom stereocenters. The molecule has 0 bridgehead atoms. The molecule has 0 aliphatic heterocycles. The molecule has 0 atom stereocenters. The molecule has 1 aromatic rings. The lowest BCUT2D eigenvalue weighted by atomic mass is 9.96. The van der Waals surface area contributed by atoms with Crippen molar-refractivity contribution in [3.8, 4) is 0 Å². The van der Waals surface area contributed by atoms with E-state index in [1.54, 1.807) is 6.20 Å². The van der Waals surface area contributed by atoms with Crippen molar-refractivity contribution in [3.05, 3.63) is 28.5 Å². The summed E-state index contributed by atoms with van der Waals surface area (Å²) in [6, 6.07) is 2.10. The van der Waals surface area contributed by atoms with Crippen LogP contribution in [0.2, 0.25) is 0 Å². The summed E-state index contributed by atoms with van der Waals surface area (Å²) in [5.74, 6) is 0. The van der Waals surface area contributed by atoms with Crippen LogP contribution in [0.15, 0.2) is 22.9 Å². The fourth-order valence-electron chi connectivity index (χ4n) is 1.15. The lowest BCUT2D eigenvalue weighted by Crippen LogP contribution is -2.38. The summed E-state index contributed by atoms with van der Waals surface area (Å²) in [6.45, 7) is 4.35. The van der Waals surface area contributed by atoms with Crippen molar-refractivity contribution >= 4 is 15.9 Å². The van der Waals surface area contributed by atoms with Gasteiger partial charge in [0, 0.05) is 22.4 Å². The van der Waals surface area contributed by atoms with E-state index in [4.69, 9.17) is 0 Å². The van der Waals surface area contributed by atoms with Gasteiger partial charge in [-0.1, -0.05) is 0 Å². The smallest absolute Gasteiger partial charge is 0.0410 e. The number of nitrogens with one attached hydrogen (secondary N) is 1. The third kappa shape index (κ3) is 3.44. The average molecular weight is 243 g/mol. The van der Waals surface area contributed by atoms with Crippen LogP contribution < -0.4 is 5.32 Å². The SMILES string of the molecule is CNC(C)(C)Cc1cncc(Br)c1. The van der Waals surface area contributed by atoms with Gasteiger partial charge in [-0.15, -0.1) is 0 Å². The second-order valence-electron chi connectivity index (χ2n) is 3.82. The number of aromatic nitrogens is 1. The Morgan fingerprint density at radius 1 is 1.46 bits per heavy atom. The van der Waals surface area contributed by atoms with Gasteiger partial charge in [0.1, 0.15) is 0 Å². The molecule has 1 aromatic heterocycles. The quantitative estimate of drug-likeness (QED) is 0.881. The van der Waals surface area contributed by atoms with Crippen LogP contribution in [0.1, 0.15) is 19.4 Å². The molecule has 0 spiro atoms. The van der Waals surface area contributed by atoms with Gasteiger partial charge in [0.05, 0.1) is 0 Å². The predicted molar refractivity (Wildman–Crippen MR) is 58.8 cm³/mol. The largest absolute Gasteiger partial charge is 0.314 e. The van der Waals surface area contributed by atoms with Gasteiger partial charge in [-0.2, -0.15) is 0 Å². The molecule has 0 radical (unpaired) electrons. The van der Waals surface area contributed by atoms with Crippen LogP contribution in [-0.2, 0) is 6.42 Å². The van der Waals surface area contributed by atoms with E-state index < -0.39 is 0 Å². The van der Waals surface area contributed by atoms with Gasteiger partial charge in [0.15, 0.2) is 0 Å². The van der Waals surface area contributed by atoms with Crippen LogP contribution in [-0.4, -0.2) is 17.6 Å². The highest BCUT2D eigenvalue weighted by molar-refractivity contribution is 9.10. The fourth-order valence-corrected chi connectivity index (χ4v) is 1.56. The second-order valence-corrected chi connectivity index (χ2v) is 4.74. The first-order chi connectivity index (χ1) is 6.03. The molecule has 72 valence electrons. The molecule has 2 nitrogen and oxygen atoms in total. The van der Waals surface area contributed by atoms with Crippen molar-refractivity contribution in [2.24, 2.45) is 0 Å². The first-order valence-corrected chi connectivity index (χ1v) is 5.11. The van der Waals surface area contributed by atoms with Crippen molar-refractivity contribution < 1.29 is 0 Å². The molecule has 0 aromatic carbocycles. The number of likely N-dealkylation sites (N-methyl/N-ethyl adjacent to an activating group) is 1. The van der Waals surface area contributed by atoms with Gasteiger partial charge in [-0.3, -0.25) is 4.98 Å². The second kappa shape index (κ2) is 4.20. The first-order valence-electron chi connectivity index (χ1n) is 4.32. The molecule has 1 heterocycles. The maximum Gasteiger partial charge on any atom is 0.0410 e. The zero-order chi connectivity index (χ0) is 9.90. The summed E-state index contributed by atoms with van der Waals surface area (Å²) in [5, 5.41) is 3.27. The van der Waals surface area contributed by atoms with E-state index in [9.17, 15) is 0 Å². The summed E-state index contributed by atoms with van der Waals surface area (Å²) in [7, 11) is 1.98. The monoisotopic (exact) mass is 242 g/mol. The number of rotatable bonds is 3. The normalized spacial score (nSPS) is 11.7. The van der Waals surface area contributed by atoms with E-state index >= 15 is 0 Å². The predicted octanol–water partition coefficient (Wildman–Crippen LogP) is 2.38. The first kappa shape index (κ1) is 10.7. The van der Waals surface area contributed by atoms with Crippen LogP contribution in [0.3, 0.4) is 0 Å². The van der Waals surface area contributed by atoms with Crippen molar-refractivity contribution in [2.75, 3.05) is 7.05 Å². The Labute approximate surface area is 87.9 Å². The minimum absolute atomic E-state index is 0.127. The Morgan fingerprint density at radius 3 is 2.69 bits per heavy atom. The van der Waals surface area contributed by atoms with E-state index in [0.717, 1.165) is 10.9 Å². The highest BCUT2D eigenvalue weighted by Crippen LogP contribution is 2.15. The van der Waals surface area contributed by atoms with Gasteiger partial charge in [-0.25, -0.2) is 0 Å². The van der Waals surface area contributed by atoms with Crippen LogP contribution in [0.4, 0.5) is 0 Å². The zero-order valence-corrected chi connectivity index (χ0v) is 9.85. The maximum atomic E-state index is 4.13. The lowest BCUT2D eigenvalue weighted by Gasteiger charge is -2.23. The Bertz CT molecular complexity index is 284. The average Bonchev–Trinajstić information content (AvgIpc) is 2.03. The Hall–Kier alpha value is -0.410. The van der Waals surface area contributed by atoms with Crippen molar-refractivity contribution in [1.29, 1.82) is 0 Å². The molecule has 0 saturated heterocycles. The Balaban J connectivity index is 2.74. The molecular formula is C10H15BrN2. The Kier molecular flexibility index (Phi) is 3.45. The van der Waals surface area contributed by atoms with Gasteiger partial charge in [0.2, 0.25) is 0 Å². The van der Waals surface area contributed by atoms with Gasteiger partial charge >= 0.3 is 0 Å². The molecule has 0 aliphatic carbocycles. The number of pyridine rings is 1. The number of halogens is 1. The molecule has 13 heavy (non-hydrogen) atoms. The summed E-state index contributed by atoms with van der Waals surface area (Å²) in [4.78, 5) is 4.13. The van der Waals surface area contributed by atoms with Gasteiger partial charge < -0.3 is 5.32 Å². The molecule has 0 fully saturated rings. The zero-order valence-electron chi connectivity index (χ0n) is 8.26. The summed E-state index contributed by atoms with van der Waals surface area (Å²) < 4.78 is 1.04. The van der Waals surface area contributed by atoms with Gasteiger partial charge in [-0.05, 0) is 54.9 Å². The molecule has 0 aliphatic rings. The summed E-state index contributed by atoms with van der Waals surface area (Å²) in [6.07, 6.45) is 4.69. The summed E-state index contributed by atoms with van der Waals surface area (Å²) in [5.41, 5.74) is 1.37. The minimum Gasteiger partial charge on any atom is -0.314 e. The van der Waals surface area contributed by atoms with Crippen molar-refractivity contribution in [2.45, 2.75) is 25.8 Å². The molecular weight excluding hydrogens is 228 g/mol. The van der Waals surface area contributed by atoms with Crippen LogP contribution in [0.25, 0.3) is 0 Å². The third-order valence-corrected chi connectivity index (χ3v) is 2.52. The number of nitrogens with zero attached hydrogens (tertiary/aromatic N) is 1. The highest BCUT2D eigenvalue weighted by atomic mass is 79.9. The number of hydrogen-bond acceptors (Lipinski definition) is 2. The third-order valence-electron chi connectivity index (χ3n) is 2.08. The van der Waals surface area contributed by atoms with Crippen LogP contribution in [0.5, 0.6) is 0 Å². The fraction of sp³-hybridized carbons (Fsp3) is 0.500. The summed E-state index contributed by atoms with van der Waals surface area (Å²) >= 11 is 3.41. The van der Waals surface area contributed by atoms with Gasteiger partial charge in [0.25, 0.3) is 0 Å².